The SMILES string of the molecule is CCCOc1cccc(Cn2c(=O)cc[nH]c2=O)c1. The minimum absolute atomic E-state index is 0.234. The van der Waals surface area contributed by atoms with Crippen LogP contribution in [0, 0.1) is 0 Å². The predicted molar refractivity (Wildman–Crippen MR) is 72.7 cm³/mol. The van der Waals surface area contributed by atoms with Crippen LogP contribution in [0.4, 0.5) is 0 Å². The van der Waals surface area contributed by atoms with Crippen molar-refractivity contribution in [2.45, 2.75) is 19.9 Å². The summed E-state index contributed by atoms with van der Waals surface area (Å²) < 4.78 is 6.67. The molecule has 0 amide bonds. The number of H-pyrrole nitrogens is 1. The van der Waals surface area contributed by atoms with Crippen LogP contribution in [0.15, 0.2) is 46.1 Å². The van der Waals surface area contributed by atoms with Crippen LogP contribution in [0.5, 0.6) is 5.75 Å². The minimum atomic E-state index is -0.410. The normalized spacial score (nSPS) is 10.4. The van der Waals surface area contributed by atoms with Crippen LogP contribution < -0.4 is 16.0 Å². The summed E-state index contributed by atoms with van der Waals surface area (Å²) in [7, 11) is 0. The van der Waals surface area contributed by atoms with Gasteiger partial charge in [0.15, 0.2) is 0 Å². The van der Waals surface area contributed by atoms with Gasteiger partial charge >= 0.3 is 5.69 Å². The average molecular weight is 260 g/mol. The van der Waals surface area contributed by atoms with Gasteiger partial charge in [0.05, 0.1) is 13.2 Å². The first-order valence-corrected chi connectivity index (χ1v) is 6.21. The molecule has 5 nitrogen and oxygen atoms in total. The van der Waals surface area contributed by atoms with Crippen LogP contribution in [0.3, 0.4) is 0 Å². The number of hydrogen-bond donors (Lipinski definition) is 1. The van der Waals surface area contributed by atoms with E-state index in [0.717, 1.165) is 22.3 Å². The van der Waals surface area contributed by atoms with Gasteiger partial charge in [0.1, 0.15) is 5.75 Å². The molecule has 1 aromatic carbocycles. The lowest BCUT2D eigenvalue weighted by Crippen LogP contribution is -2.34. The van der Waals surface area contributed by atoms with Gasteiger partial charge in [0, 0.05) is 12.3 Å². The first kappa shape index (κ1) is 13.1. The Balaban J connectivity index is 2.24. The van der Waals surface area contributed by atoms with Crippen LogP contribution in [0.25, 0.3) is 0 Å². The number of aromatic amines is 1. The van der Waals surface area contributed by atoms with Gasteiger partial charge in [-0.2, -0.15) is 0 Å². The third kappa shape index (κ3) is 3.34. The first-order chi connectivity index (χ1) is 9.20. The Labute approximate surface area is 110 Å². The largest absolute Gasteiger partial charge is 0.494 e. The highest BCUT2D eigenvalue weighted by molar-refractivity contribution is 5.28. The Morgan fingerprint density at radius 3 is 2.84 bits per heavy atom. The Hall–Kier alpha value is -2.30. The van der Waals surface area contributed by atoms with Gasteiger partial charge in [0.2, 0.25) is 0 Å². The third-order valence-electron chi connectivity index (χ3n) is 2.66. The van der Waals surface area contributed by atoms with Crippen molar-refractivity contribution in [3.63, 3.8) is 0 Å². The van der Waals surface area contributed by atoms with Crippen molar-refractivity contribution in [2.24, 2.45) is 0 Å². The summed E-state index contributed by atoms with van der Waals surface area (Å²) in [6.07, 6.45) is 2.28. The van der Waals surface area contributed by atoms with E-state index < -0.39 is 5.69 Å². The van der Waals surface area contributed by atoms with Gasteiger partial charge < -0.3 is 9.72 Å². The molecular weight excluding hydrogens is 244 g/mol. The molecule has 5 heteroatoms. The molecule has 0 aliphatic rings. The minimum Gasteiger partial charge on any atom is -0.494 e. The van der Waals surface area contributed by atoms with Crippen molar-refractivity contribution >= 4 is 0 Å². The second kappa shape index (κ2) is 6.04. The molecule has 0 atom stereocenters. The Kier molecular flexibility index (Phi) is 4.18. The van der Waals surface area contributed by atoms with E-state index in [4.69, 9.17) is 4.74 Å². The Morgan fingerprint density at radius 1 is 1.26 bits per heavy atom. The van der Waals surface area contributed by atoms with Crippen LogP contribution >= 0.6 is 0 Å². The van der Waals surface area contributed by atoms with Crippen molar-refractivity contribution in [3.05, 3.63) is 62.9 Å². The highest BCUT2D eigenvalue weighted by Gasteiger charge is 2.03. The fourth-order valence-corrected chi connectivity index (χ4v) is 1.74. The average Bonchev–Trinajstić information content (AvgIpc) is 2.41. The first-order valence-electron chi connectivity index (χ1n) is 6.21. The van der Waals surface area contributed by atoms with E-state index in [1.807, 2.05) is 31.2 Å². The van der Waals surface area contributed by atoms with E-state index in [0.29, 0.717) is 6.61 Å². The van der Waals surface area contributed by atoms with Gasteiger partial charge in [-0.05, 0) is 24.1 Å². The van der Waals surface area contributed by atoms with Crippen molar-refractivity contribution in [3.8, 4) is 5.75 Å². The summed E-state index contributed by atoms with van der Waals surface area (Å²) in [4.78, 5) is 25.7. The summed E-state index contributed by atoms with van der Waals surface area (Å²) in [5.41, 5.74) is 0.128. The number of nitrogens with one attached hydrogen (secondary N) is 1. The van der Waals surface area contributed by atoms with E-state index in [1.54, 1.807) is 0 Å². The van der Waals surface area contributed by atoms with Gasteiger partial charge in [-0.25, -0.2) is 4.79 Å². The molecular formula is C14H16N2O3. The van der Waals surface area contributed by atoms with E-state index in [1.165, 1.54) is 12.3 Å². The van der Waals surface area contributed by atoms with E-state index in [2.05, 4.69) is 4.98 Å². The molecule has 0 radical (unpaired) electrons. The van der Waals surface area contributed by atoms with E-state index in [9.17, 15) is 9.59 Å². The molecule has 0 spiro atoms. The fourth-order valence-electron chi connectivity index (χ4n) is 1.74. The van der Waals surface area contributed by atoms with Crippen LogP contribution in [0.1, 0.15) is 18.9 Å². The van der Waals surface area contributed by atoms with Crippen molar-refractivity contribution in [1.82, 2.24) is 9.55 Å². The summed E-state index contributed by atoms with van der Waals surface area (Å²) in [6, 6.07) is 8.74. The van der Waals surface area contributed by atoms with Gasteiger partial charge in [-0.15, -0.1) is 0 Å². The monoisotopic (exact) mass is 260 g/mol. The lowest BCUT2D eigenvalue weighted by Gasteiger charge is -2.08. The van der Waals surface area contributed by atoms with E-state index >= 15 is 0 Å². The second-order valence-corrected chi connectivity index (χ2v) is 4.20. The number of rotatable bonds is 5. The lowest BCUT2D eigenvalue weighted by molar-refractivity contribution is 0.317. The highest BCUT2D eigenvalue weighted by Crippen LogP contribution is 2.13. The molecule has 0 fully saturated rings. The predicted octanol–water partition coefficient (Wildman–Crippen LogP) is 1.37. The zero-order chi connectivity index (χ0) is 13.7. The number of ether oxygens (including phenoxy) is 1. The Bertz CT molecular complexity index is 630. The summed E-state index contributed by atoms with van der Waals surface area (Å²) >= 11 is 0. The molecule has 2 aromatic rings. The number of hydrogen-bond acceptors (Lipinski definition) is 3. The zero-order valence-corrected chi connectivity index (χ0v) is 10.8. The Morgan fingerprint density at radius 2 is 2.11 bits per heavy atom. The lowest BCUT2D eigenvalue weighted by atomic mass is 10.2. The standard InChI is InChI=1S/C14H16N2O3/c1-2-8-19-12-5-3-4-11(9-12)10-16-13(17)6-7-15-14(16)18/h3-7,9H,2,8,10H2,1H3,(H,15,18). The van der Waals surface area contributed by atoms with Crippen molar-refractivity contribution < 1.29 is 4.74 Å². The molecule has 0 saturated carbocycles. The molecule has 1 heterocycles. The molecule has 0 bridgehead atoms. The van der Waals surface area contributed by atoms with Crippen LogP contribution in [-0.2, 0) is 6.54 Å². The highest BCUT2D eigenvalue weighted by atomic mass is 16.5. The summed E-state index contributed by atoms with van der Waals surface area (Å²) in [5.74, 6) is 0.750. The zero-order valence-electron chi connectivity index (χ0n) is 10.8. The third-order valence-corrected chi connectivity index (χ3v) is 2.66. The van der Waals surface area contributed by atoms with Gasteiger partial charge in [-0.3, -0.25) is 9.36 Å². The molecule has 100 valence electrons. The summed E-state index contributed by atoms with van der Waals surface area (Å²) in [5, 5.41) is 0. The quantitative estimate of drug-likeness (QED) is 0.883. The number of benzene rings is 1. The molecule has 1 N–H and O–H groups in total. The fraction of sp³-hybridized carbons (Fsp3) is 0.286. The molecule has 0 aliphatic carbocycles. The molecule has 19 heavy (non-hydrogen) atoms. The maximum atomic E-state index is 11.6. The van der Waals surface area contributed by atoms with Crippen LogP contribution in [-0.4, -0.2) is 16.2 Å². The second-order valence-electron chi connectivity index (χ2n) is 4.20. The van der Waals surface area contributed by atoms with E-state index in [-0.39, 0.29) is 12.1 Å². The topological polar surface area (TPSA) is 64.1 Å². The van der Waals surface area contributed by atoms with Crippen molar-refractivity contribution in [2.75, 3.05) is 6.61 Å². The molecule has 0 aliphatic heterocycles. The van der Waals surface area contributed by atoms with Gasteiger partial charge in [-0.1, -0.05) is 19.1 Å². The number of aromatic nitrogens is 2. The van der Waals surface area contributed by atoms with Gasteiger partial charge in [0.25, 0.3) is 5.56 Å². The van der Waals surface area contributed by atoms with Crippen molar-refractivity contribution in [1.29, 1.82) is 0 Å². The van der Waals surface area contributed by atoms with Crippen LogP contribution in [0.2, 0.25) is 0 Å². The maximum absolute atomic E-state index is 11.6. The summed E-state index contributed by atoms with van der Waals surface area (Å²) in [6.45, 7) is 2.92. The number of nitrogens with zero attached hydrogens (tertiary/aromatic N) is 1. The smallest absolute Gasteiger partial charge is 0.328 e. The molecule has 1 aromatic heterocycles. The molecule has 0 saturated heterocycles. The maximum Gasteiger partial charge on any atom is 0.328 e. The molecule has 0 unspecified atom stereocenters. The molecule has 2 rings (SSSR count).